The normalized spacial score (nSPS) is 20.0. The molecule has 2 N–H and O–H groups in total. The molecule has 0 aromatic carbocycles. The second kappa shape index (κ2) is 2.56. The Balaban J connectivity index is 2.61. The fraction of sp³-hybridized carbons (Fsp3) is 0.667. The predicted molar refractivity (Wildman–Crippen MR) is 38.5 cm³/mol. The van der Waals surface area contributed by atoms with Gasteiger partial charge in [0.2, 0.25) is 7.85 Å². The molecular weight excluding hydrogens is 145 g/mol. The van der Waals surface area contributed by atoms with Crippen LogP contribution >= 0.6 is 0 Å². The highest BCUT2D eigenvalue weighted by atomic mass is 16.4. The molecule has 0 unspecified atom stereocenters. The fourth-order valence-corrected chi connectivity index (χ4v) is 1.16. The summed E-state index contributed by atoms with van der Waals surface area (Å²) >= 11 is 0. The van der Waals surface area contributed by atoms with Gasteiger partial charge in [-0.2, -0.15) is 0 Å². The average molecular weight is 153 g/mol. The van der Waals surface area contributed by atoms with Gasteiger partial charge in [0.15, 0.2) is 5.81 Å². The van der Waals surface area contributed by atoms with Crippen molar-refractivity contribution >= 4 is 19.6 Å². The van der Waals surface area contributed by atoms with Crippen LogP contribution in [-0.4, -0.2) is 30.3 Å². The average Bonchev–Trinajstić information content (AvgIpc) is 1.77. The van der Waals surface area contributed by atoms with Gasteiger partial charge in [-0.25, -0.2) is 4.79 Å². The highest BCUT2D eigenvalue weighted by Crippen LogP contribution is 2.31. The highest BCUT2D eigenvalue weighted by Gasteiger charge is 2.44. The molecule has 0 aromatic rings. The molecule has 1 fully saturated rings. The molecule has 0 spiro atoms. The zero-order chi connectivity index (χ0) is 8.48. The lowest BCUT2D eigenvalue weighted by atomic mass is 9.76. The summed E-state index contributed by atoms with van der Waals surface area (Å²) in [4.78, 5) is 20.9. The maximum Gasteiger partial charge on any atom is 0.329 e. The number of hydrogen-bond acceptors (Lipinski definition) is 2. The highest BCUT2D eigenvalue weighted by molar-refractivity contribution is 6.57. The van der Waals surface area contributed by atoms with Gasteiger partial charge in [-0.3, -0.25) is 4.79 Å². The topological polar surface area (TPSA) is 66.4 Å². The van der Waals surface area contributed by atoms with Gasteiger partial charge in [-0.1, -0.05) is 0 Å². The molecule has 2 radical (unpaired) electrons. The minimum absolute atomic E-state index is 0.477. The van der Waals surface area contributed by atoms with E-state index in [9.17, 15) is 9.59 Å². The molecule has 1 rings (SSSR count). The number of rotatable bonds is 2. The van der Waals surface area contributed by atoms with Crippen LogP contribution in [0.15, 0.2) is 0 Å². The lowest BCUT2D eigenvalue weighted by Crippen LogP contribution is -2.58. The second-order valence-corrected chi connectivity index (χ2v) is 2.73. The van der Waals surface area contributed by atoms with Crippen molar-refractivity contribution in [3.8, 4) is 0 Å². The molecule has 0 aromatic heterocycles. The van der Waals surface area contributed by atoms with Gasteiger partial charge in [-0.15, -0.1) is 0 Å². The Morgan fingerprint density at radius 2 is 2.00 bits per heavy atom. The van der Waals surface area contributed by atoms with Crippen LogP contribution in [0.5, 0.6) is 0 Å². The van der Waals surface area contributed by atoms with E-state index in [-0.39, 0.29) is 0 Å². The molecule has 0 saturated heterocycles. The number of carboxylic acids is 1. The first-order valence-electron chi connectivity index (χ1n) is 3.38. The molecular formula is C6H8BNO3. The third kappa shape index (κ3) is 1.36. The number of carbonyl (C=O) groups is 2. The van der Waals surface area contributed by atoms with E-state index in [2.05, 4.69) is 5.32 Å². The van der Waals surface area contributed by atoms with E-state index >= 15 is 0 Å². The summed E-state index contributed by atoms with van der Waals surface area (Å²) in [7, 11) is 4.81. The summed E-state index contributed by atoms with van der Waals surface area (Å²) in [6, 6.07) is 0. The van der Waals surface area contributed by atoms with Gasteiger partial charge in [0.05, 0.1) is 0 Å². The summed E-state index contributed by atoms with van der Waals surface area (Å²) in [5.41, 5.74) is -1.06. The Labute approximate surface area is 65.4 Å². The summed E-state index contributed by atoms with van der Waals surface area (Å²) in [6.07, 6.45) is 1.78. The van der Waals surface area contributed by atoms with Crippen molar-refractivity contribution in [3.63, 3.8) is 0 Å². The first-order valence-corrected chi connectivity index (χ1v) is 3.38. The van der Waals surface area contributed by atoms with Gasteiger partial charge >= 0.3 is 5.97 Å². The number of carbonyl (C=O) groups excluding carboxylic acids is 1. The minimum Gasteiger partial charge on any atom is -0.480 e. The summed E-state index contributed by atoms with van der Waals surface area (Å²) in [5.74, 6) is -1.77. The van der Waals surface area contributed by atoms with E-state index in [0.717, 1.165) is 6.42 Å². The standard InChI is InChI=1S/C6H8BNO3/c7-5(11)8-6(4(9)10)2-1-3-6/h1-3H2,(H,8,11)(H,9,10). The molecule has 1 aliphatic carbocycles. The number of amides is 1. The number of aliphatic carboxylic acids is 1. The Kier molecular flexibility index (Phi) is 1.89. The smallest absolute Gasteiger partial charge is 0.329 e. The molecule has 1 saturated carbocycles. The van der Waals surface area contributed by atoms with Crippen molar-refractivity contribution in [2.24, 2.45) is 0 Å². The van der Waals surface area contributed by atoms with Crippen molar-refractivity contribution in [1.29, 1.82) is 0 Å². The molecule has 1 amide bonds. The van der Waals surface area contributed by atoms with Crippen LogP contribution in [0, 0.1) is 0 Å². The third-order valence-corrected chi connectivity index (χ3v) is 1.98. The molecule has 0 heterocycles. The summed E-state index contributed by atoms with van der Waals surface area (Å²) in [5, 5.41) is 10.9. The van der Waals surface area contributed by atoms with Crippen LogP contribution in [0.25, 0.3) is 0 Å². The SMILES string of the molecule is [B]C(=O)NC1(C(=O)O)CCC1. The minimum atomic E-state index is -1.06. The Hall–Kier alpha value is -0.995. The number of nitrogens with one attached hydrogen (secondary N) is 1. The maximum atomic E-state index is 10.6. The first-order chi connectivity index (χ1) is 5.07. The van der Waals surface area contributed by atoms with Gasteiger partial charge < -0.3 is 10.4 Å². The van der Waals surface area contributed by atoms with Crippen LogP contribution < -0.4 is 5.32 Å². The van der Waals surface area contributed by atoms with Gasteiger partial charge in [-0.05, 0) is 19.3 Å². The lowest BCUT2D eigenvalue weighted by Gasteiger charge is -2.38. The molecule has 1 aliphatic rings. The van der Waals surface area contributed by atoms with Crippen molar-refractivity contribution < 1.29 is 14.7 Å². The molecule has 0 aliphatic heterocycles. The largest absolute Gasteiger partial charge is 0.480 e. The zero-order valence-corrected chi connectivity index (χ0v) is 5.96. The van der Waals surface area contributed by atoms with Crippen LogP contribution in [0.1, 0.15) is 19.3 Å². The fourth-order valence-electron chi connectivity index (χ4n) is 1.16. The molecule has 58 valence electrons. The van der Waals surface area contributed by atoms with Gasteiger partial charge in [0, 0.05) is 0 Å². The van der Waals surface area contributed by atoms with Gasteiger partial charge in [0.1, 0.15) is 5.54 Å². The van der Waals surface area contributed by atoms with Crippen molar-refractivity contribution in [3.05, 3.63) is 0 Å². The maximum absolute atomic E-state index is 10.6. The summed E-state index contributed by atoms with van der Waals surface area (Å²) in [6.45, 7) is 0. The van der Waals surface area contributed by atoms with Crippen LogP contribution in [-0.2, 0) is 4.79 Å². The predicted octanol–water partition coefficient (Wildman–Crippen LogP) is -0.128. The lowest BCUT2D eigenvalue weighted by molar-refractivity contribution is -0.147. The first kappa shape index (κ1) is 8.10. The third-order valence-electron chi connectivity index (χ3n) is 1.98. The molecule has 11 heavy (non-hydrogen) atoms. The quantitative estimate of drug-likeness (QED) is 0.543. The Bertz CT molecular complexity index is 200. The van der Waals surface area contributed by atoms with Crippen molar-refractivity contribution in [2.75, 3.05) is 0 Å². The van der Waals surface area contributed by atoms with E-state index < -0.39 is 17.3 Å². The van der Waals surface area contributed by atoms with Crippen LogP contribution in [0.4, 0.5) is 4.79 Å². The monoisotopic (exact) mass is 153 g/mol. The molecule has 0 atom stereocenters. The van der Waals surface area contributed by atoms with Crippen LogP contribution in [0.3, 0.4) is 0 Å². The molecule has 4 nitrogen and oxygen atoms in total. The molecule has 5 heteroatoms. The Morgan fingerprint density at radius 3 is 2.09 bits per heavy atom. The van der Waals surface area contributed by atoms with Crippen molar-refractivity contribution in [2.45, 2.75) is 24.8 Å². The van der Waals surface area contributed by atoms with Crippen molar-refractivity contribution in [1.82, 2.24) is 5.32 Å². The number of carboxylic acid groups (broad SMARTS) is 1. The van der Waals surface area contributed by atoms with E-state index in [0.29, 0.717) is 12.8 Å². The van der Waals surface area contributed by atoms with E-state index in [4.69, 9.17) is 13.0 Å². The van der Waals surface area contributed by atoms with E-state index in [1.54, 1.807) is 0 Å². The number of hydrogen-bond donors (Lipinski definition) is 2. The summed E-state index contributed by atoms with van der Waals surface area (Å²) < 4.78 is 0. The van der Waals surface area contributed by atoms with E-state index in [1.807, 2.05) is 0 Å². The van der Waals surface area contributed by atoms with Gasteiger partial charge in [0.25, 0.3) is 0 Å². The zero-order valence-electron chi connectivity index (χ0n) is 5.96. The Morgan fingerprint density at radius 1 is 1.45 bits per heavy atom. The second-order valence-electron chi connectivity index (χ2n) is 2.73. The van der Waals surface area contributed by atoms with Crippen LogP contribution in [0.2, 0.25) is 0 Å². The molecule has 0 bridgehead atoms. The van der Waals surface area contributed by atoms with E-state index in [1.165, 1.54) is 0 Å².